The lowest BCUT2D eigenvalue weighted by atomic mass is 9.47. The normalized spacial score (nSPS) is 32.4. The van der Waals surface area contributed by atoms with Gasteiger partial charge in [0, 0.05) is 5.92 Å². The SMILES string of the molecule is CCC(C)(C)C(=O)OCC(=O)OC1(C(C)C)C2CC3CC(C2)CC1C3.CCC(C)(C)C(=O)OCC(=O)OC1(C)C2CC3CC(C2)CC1C3.CCC(C)(C)C(=O)OCC(=O)OC1(C)CCCC1.CCC(C)(C)C(=O)OCC(=O)OC1(C)CCCCC1.CCC(C)(C)C(=O)OCC(=O)OC1(CC)CC2CC1C1C3CCC(C3)C21. The van der Waals surface area contributed by atoms with E-state index in [2.05, 4.69) is 27.7 Å². The van der Waals surface area contributed by atoms with Gasteiger partial charge in [-0.3, -0.25) is 24.0 Å². The van der Waals surface area contributed by atoms with Crippen LogP contribution in [0.5, 0.6) is 0 Å². The summed E-state index contributed by atoms with van der Waals surface area (Å²) in [5.74, 6) is 6.69. The molecule has 0 saturated heterocycles. The molecule has 14 fully saturated rings. The van der Waals surface area contributed by atoms with Gasteiger partial charge in [-0.15, -0.1) is 0 Å². The number of hydrogen-bond donors (Lipinski definition) is 0. The highest BCUT2D eigenvalue weighted by atomic mass is 16.6. The molecule has 0 aliphatic heterocycles. The molecule has 0 heterocycles. The number of esters is 10. The molecule has 12 bridgehead atoms. The summed E-state index contributed by atoms with van der Waals surface area (Å²) in [5.41, 5.74) is -4.48. The Morgan fingerprint density at radius 2 is 0.640 bits per heavy atom. The fraction of sp³-hybridized carbons (Fsp3) is 0.890. The van der Waals surface area contributed by atoms with Crippen molar-refractivity contribution in [3.05, 3.63) is 0 Å². The molecule has 111 heavy (non-hydrogen) atoms. The number of fused-ring (bicyclic) bond motifs is 9. The van der Waals surface area contributed by atoms with E-state index in [0.717, 1.165) is 117 Å². The summed E-state index contributed by atoms with van der Waals surface area (Å²) in [7, 11) is 0. The lowest BCUT2D eigenvalue weighted by molar-refractivity contribution is -0.228. The Labute approximate surface area is 666 Å². The molecule has 0 spiro atoms. The van der Waals surface area contributed by atoms with Crippen molar-refractivity contribution in [2.24, 2.45) is 116 Å². The Balaban J connectivity index is 0.000000176. The van der Waals surface area contributed by atoms with Gasteiger partial charge in [0.2, 0.25) is 0 Å². The third kappa shape index (κ3) is 21.7. The minimum Gasteiger partial charge on any atom is -0.457 e. The highest BCUT2D eigenvalue weighted by Crippen LogP contribution is 2.71. The van der Waals surface area contributed by atoms with Crippen molar-refractivity contribution in [2.45, 2.75) is 366 Å². The summed E-state index contributed by atoms with van der Waals surface area (Å²) in [4.78, 5) is 120. The summed E-state index contributed by atoms with van der Waals surface area (Å²) < 4.78 is 54.7. The van der Waals surface area contributed by atoms with Crippen molar-refractivity contribution in [3.63, 3.8) is 0 Å². The quantitative estimate of drug-likeness (QED) is 0.0420. The summed E-state index contributed by atoms with van der Waals surface area (Å²) in [6, 6.07) is 0. The van der Waals surface area contributed by atoms with E-state index >= 15 is 0 Å². The molecule has 20 nitrogen and oxygen atoms in total. The molecular formula is C91H148O20. The van der Waals surface area contributed by atoms with E-state index in [0.29, 0.717) is 67.6 Å². The average molecular weight is 1560 g/mol. The molecule has 20 heteroatoms. The van der Waals surface area contributed by atoms with Crippen LogP contribution in [0.1, 0.15) is 338 Å². The zero-order valence-corrected chi connectivity index (χ0v) is 72.6. The van der Waals surface area contributed by atoms with Crippen LogP contribution in [0.4, 0.5) is 0 Å². The van der Waals surface area contributed by atoms with Crippen LogP contribution >= 0.6 is 0 Å². The molecule has 14 rings (SSSR count). The Kier molecular flexibility index (Phi) is 30.3. The van der Waals surface area contributed by atoms with Gasteiger partial charge in [0.15, 0.2) is 33.0 Å². The first-order chi connectivity index (χ1) is 51.8. The molecule has 14 aliphatic rings. The smallest absolute Gasteiger partial charge is 0.344 e. The largest absolute Gasteiger partial charge is 0.457 e. The van der Waals surface area contributed by atoms with Gasteiger partial charge in [0.1, 0.15) is 28.0 Å². The number of carbonyl (C=O) groups excluding carboxylic acids is 10. The maximum atomic E-state index is 12.6. The molecule has 7 atom stereocenters. The third-order valence-corrected chi connectivity index (χ3v) is 30.6. The van der Waals surface area contributed by atoms with Crippen LogP contribution in [-0.2, 0) is 95.3 Å². The van der Waals surface area contributed by atoms with Crippen LogP contribution in [0.25, 0.3) is 0 Å². The van der Waals surface area contributed by atoms with Gasteiger partial charge >= 0.3 is 59.7 Å². The van der Waals surface area contributed by atoms with Gasteiger partial charge in [0.25, 0.3) is 0 Å². The highest BCUT2D eigenvalue weighted by molar-refractivity contribution is 5.83. The van der Waals surface area contributed by atoms with Crippen LogP contribution < -0.4 is 0 Å². The molecule has 14 aliphatic carbocycles. The Bertz CT molecular complexity index is 3170. The van der Waals surface area contributed by atoms with Crippen LogP contribution in [-0.4, -0.2) is 121 Å². The number of hydrogen-bond acceptors (Lipinski definition) is 20. The van der Waals surface area contributed by atoms with Gasteiger partial charge in [-0.25, -0.2) is 24.0 Å². The minimum absolute atomic E-state index is 0.248. The van der Waals surface area contributed by atoms with Gasteiger partial charge in [-0.1, -0.05) is 61.8 Å². The number of rotatable bonds is 27. The molecular weight excluding hydrogens is 1410 g/mol. The van der Waals surface area contributed by atoms with Crippen molar-refractivity contribution in [1.29, 1.82) is 0 Å². The summed E-state index contributed by atoms with van der Waals surface area (Å²) >= 11 is 0. The van der Waals surface area contributed by atoms with Crippen molar-refractivity contribution in [3.8, 4) is 0 Å². The first kappa shape index (κ1) is 91.2. The lowest BCUT2D eigenvalue weighted by Gasteiger charge is -2.61. The second kappa shape index (κ2) is 36.9. The summed E-state index contributed by atoms with van der Waals surface area (Å²) in [6.07, 6.45) is 32.2. The molecule has 632 valence electrons. The monoisotopic (exact) mass is 1560 g/mol. The van der Waals surface area contributed by atoms with E-state index in [1.165, 1.54) is 96.3 Å². The molecule has 0 aromatic heterocycles. The van der Waals surface area contributed by atoms with Crippen molar-refractivity contribution in [2.75, 3.05) is 33.0 Å². The van der Waals surface area contributed by atoms with E-state index in [9.17, 15) is 47.9 Å². The first-order valence-electron chi connectivity index (χ1n) is 43.8. The second-order valence-electron chi connectivity index (χ2n) is 40.6. The topological polar surface area (TPSA) is 263 Å². The van der Waals surface area contributed by atoms with Gasteiger partial charge in [-0.05, 0) is 359 Å². The van der Waals surface area contributed by atoms with E-state index in [-0.39, 0.29) is 109 Å². The Morgan fingerprint density at radius 1 is 0.342 bits per heavy atom. The predicted molar refractivity (Wildman–Crippen MR) is 421 cm³/mol. The molecule has 0 aromatic carbocycles. The van der Waals surface area contributed by atoms with E-state index in [1.54, 1.807) is 13.8 Å². The summed E-state index contributed by atoms with van der Waals surface area (Å²) in [5, 5.41) is 0. The fourth-order valence-corrected chi connectivity index (χ4v) is 22.0. The van der Waals surface area contributed by atoms with Crippen LogP contribution in [0, 0.1) is 116 Å². The van der Waals surface area contributed by atoms with Crippen molar-refractivity contribution < 1.29 is 95.3 Å². The van der Waals surface area contributed by atoms with Crippen molar-refractivity contribution >= 4 is 59.7 Å². The zero-order chi connectivity index (χ0) is 82.3. The fourth-order valence-electron chi connectivity index (χ4n) is 22.0. The number of ether oxygens (including phenoxy) is 10. The molecule has 0 aromatic rings. The van der Waals surface area contributed by atoms with Crippen molar-refractivity contribution in [1.82, 2.24) is 0 Å². The van der Waals surface area contributed by atoms with E-state index < -0.39 is 39.0 Å². The Hall–Kier alpha value is -5.30. The number of carbonyl (C=O) groups is 10. The predicted octanol–water partition coefficient (Wildman–Crippen LogP) is 18.5. The van der Waals surface area contributed by atoms with Gasteiger partial charge in [0.05, 0.1) is 27.1 Å². The van der Waals surface area contributed by atoms with Gasteiger partial charge < -0.3 is 47.4 Å². The first-order valence-corrected chi connectivity index (χ1v) is 43.8. The molecule has 0 radical (unpaired) electrons. The maximum absolute atomic E-state index is 12.6. The van der Waals surface area contributed by atoms with Gasteiger partial charge in [-0.2, -0.15) is 0 Å². The zero-order valence-electron chi connectivity index (χ0n) is 72.6. The van der Waals surface area contributed by atoms with Crippen LogP contribution in [0.3, 0.4) is 0 Å². The Morgan fingerprint density at radius 3 is 0.964 bits per heavy atom. The molecule has 0 N–H and O–H groups in total. The van der Waals surface area contributed by atoms with E-state index in [1.807, 2.05) is 104 Å². The van der Waals surface area contributed by atoms with Crippen LogP contribution in [0.2, 0.25) is 0 Å². The highest BCUT2D eigenvalue weighted by Gasteiger charge is 2.68. The lowest BCUT2D eigenvalue weighted by Crippen LogP contribution is -2.62. The van der Waals surface area contributed by atoms with E-state index in [4.69, 9.17) is 47.4 Å². The average Bonchev–Trinajstić information content (AvgIpc) is 1.30. The molecule has 14 saturated carbocycles. The maximum Gasteiger partial charge on any atom is 0.344 e. The van der Waals surface area contributed by atoms with Crippen LogP contribution in [0.15, 0.2) is 0 Å². The second-order valence-corrected chi connectivity index (χ2v) is 40.6. The standard InChI is InChI=1S/C22H34O4.C21H34O4.C19H30O4.C15H26O4.C14H24O4/c1-5-21(3,4)20(24)25-12-17(23)26-22(6-2)11-15-10-16(22)19-14-8-7-13(9-14)18(15)19;1-6-20(4,5)19(23)24-12-18(22)25-21(13(2)3)16-8-14-7-15(10-16)11-17(21)9-14;1-5-18(2,3)17(21)22-11-16(20)23-19(4)14-7-12-6-13(9-14)10-15(19)8-12;1-5-14(2,3)13(17)18-11-12(16)19-15(4)9-7-6-8-10-15;1-5-13(2,3)12(16)17-10-11(15)18-14(4)8-6-7-9-14/h13-16,18-19H,5-12H2,1-4H3;13-17H,6-12H2,1-5H3;12-15H,5-11H2,1-4H3;5-11H2,1-4H3;5-10H2,1-4H3. The summed E-state index contributed by atoms with van der Waals surface area (Å²) in [6.45, 7) is 39.1. The molecule has 0 amide bonds. The minimum atomic E-state index is -0.557. The third-order valence-electron chi connectivity index (χ3n) is 30.6. The molecule has 7 unspecified atom stereocenters.